The molecule has 3 rings (SSSR count). The van der Waals surface area contributed by atoms with E-state index in [0.29, 0.717) is 12.8 Å². The zero-order valence-electron chi connectivity index (χ0n) is 12.7. The van der Waals surface area contributed by atoms with Crippen LogP contribution in [0.15, 0.2) is 18.2 Å². The second kappa shape index (κ2) is 6.00. The van der Waals surface area contributed by atoms with Gasteiger partial charge in [0.1, 0.15) is 0 Å². The Morgan fingerprint density at radius 3 is 2.76 bits per heavy atom. The van der Waals surface area contributed by atoms with E-state index in [-0.39, 0.29) is 11.7 Å². The molecule has 1 fully saturated rings. The highest BCUT2D eigenvalue weighted by Gasteiger charge is 2.25. The van der Waals surface area contributed by atoms with Gasteiger partial charge in [0.25, 0.3) is 0 Å². The Bertz CT molecular complexity index is 558. The number of nitrogens with zero attached hydrogens (tertiary/aromatic N) is 1. The first kappa shape index (κ1) is 14.3. The molecule has 2 aliphatic rings. The summed E-state index contributed by atoms with van der Waals surface area (Å²) in [6, 6.07) is 5.70. The molecule has 0 atom stereocenters. The number of amides is 1. The number of rotatable bonds is 4. The molecule has 21 heavy (non-hydrogen) atoms. The number of ketones is 1. The third kappa shape index (κ3) is 3.02. The van der Waals surface area contributed by atoms with Gasteiger partial charge in [0, 0.05) is 24.7 Å². The summed E-state index contributed by atoms with van der Waals surface area (Å²) >= 11 is 0. The molecule has 112 valence electrons. The lowest BCUT2D eigenvalue weighted by molar-refractivity contribution is -0.117. The van der Waals surface area contributed by atoms with E-state index in [4.69, 9.17) is 0 Å². The van der Waals surface area contributed by atoms with Crippen LogP contribution in [0, 0.1) is 5.92 Å². The third-order valence-electron chi connectivity index (χ3n) is 4.98. The molecule has 0 aromatic heterocycles. The molecule has 1 aromatic rings. The van der Waals surface area contributed by atoms with Gasteiger partial charge < -0.3 is 4.90 Å². The second-order valence-electron chi connectivity index (χ2n) is 6.44. The van der Waals surface area contributed by atoms with Crippen LogP contribution in [0.4, 0.5) is 5.69 Å². The molecule has 1 aliphatic heterocycles. The Morgan fingerprint density at radius 2 is 2.00 bits per heavy atom. The Kier molecular flexibility index (Phi) is 4.09. The van der Waals surface area contributed by atoms with E-state index >= 15 is 0 Å². The first-order chi connectivity index (χ1) is 10.1. The molecule has 1 aromatic carbocycles. The number of likely N-dealkylation sites (N-methyl/N-ethyl adjacent to an activating group) is 1. The quantitative estimate of drug-likeness (QED) is 0.790. The van der Waals surface area contributed by atoms with Crippen molar-refractivity contribution in [1.82, 2.24) is 0 Å². The average molecular weight is 285 g/mol. The number of carbonyl (C=O) groups is 2. The molecule has 0 N–H and O–H groups in total. The smallest absolute Gasteiger partial charge is 0.231 e. The van der Waals surface area contributed by atoms with Gasteiger partial charge in [-0.3, -0.25) is 9.59 Å². The topological polar surface area (TPSA) is 37.4 Å². The van der Waals surface area contributed by atoms with Crippen LogP contribution < -0.4 is 4.90 Å². The lowest BCUT2D eigenvalue weighted by atomic mass is 9.85. The van der Waals surface area contributed by atoms with Crippen molar-refractivity contribution in [2.24, 2.45) is 5.92 Å². The molecule has 3 nitrogen and oxygen atoms in total. The highest BCUT2D eigenvalue weighted by molar-refractivity contribution is 6.03. The molecule has 1 aliphatic carbocycles. The molecule has 3 heteroatoms. The molecule has 0 bridgehead atoms. The highest BCUT2D eigenvalue weighted by atomic mass is 16.2. The molecular formula is C18H23NO2. The maximum atomic E-state index is 12.4. The Morgan fingerprint density at radius 1 is 1.24 bits per heavy atom. The first-order valence-corrected chi connectivity index (χ1v) is 8.08. The number of carbonyl (C=O) groups excluding carboxylic acids is 2. The van der Waals surface area contributed by atoms with E-state index in [1.165, 1.54) is 32.1 Å². The van der Waals surface area contributed by atoms with Gasteiger partial charge in [0.15, 0.2) is 5.78 Å². The SMILES string of the molecule is CN1C(=O)Cc2cc(C(=O)CCC3CCCCC3)ccc21. The second-order valence-corrected chi connectivity index (χ2v) is 6.44. The minimum Gasteiger partial charge on any atom is -0.315 e. The number of fused-ring (bicyclic) bond motifs is 1. The molecule has 1 heterocycles. The van der Waals surface area contributed by atoms with Crippen molar-refractivity contribution < 1.29 is 9.59 Å². The van der Waals surface area contributed by atoms with Crippen molar-refractivity contribution in [3.63, 3.8) is 0 Å². The predicted molar refractivity (Wildman–Crippen MR) is 83.7 cm³/mol. The Balaban J connectivity index is 1.63. The van der Waals surface area contributed by atoms with E-state index in [2.05, 4.69) is 0 Å². The van der Waals surface area contributed by atoms with Crippen molar-refractivity contribution in [3.05, 3.63) is 29.3 Å². The number of benzene rings is 1. The number of hydrogen-bond donors (Lipinski definition) is 0. The van der Waals surface area contributed by atoms with Gasteiger partial charge >= 0.3 is 0 Å². The summed E-state index contributed by atoms with van der Waals surface area (Å²) in [4.78, 5) is 25.7. The molecular weight excluding hydrogens is 262 g/mol. The van der Waals surface area contributed by atoms with Gasteiger partial charge in [-0.2, -0.15) is 0 Å². The molecule has 1 amide bonds. The van der Waals surface area contributed by atoms with E-state index in [0.717, 1.165) is 29.2 Å². The number of hydrogen-bond acceptors (Lipinski definition) is 2. The zero-order chi connectivity index (χ0) is 14.8. The fraction of sp³-hybridized carbons (Fsp3) is 0.556. The summed E-state index contributed by atoms with van der Waals surface area (Å²) in [5.74, 6) is 1.08. The van der Waals surface area contributed by atoms with Gasteiger partial charge in [0.2, 0.25) is 5.91 Å². The normalized spacial score (nSPS) is 18.9. The van der Waals surface area contributed by atoms with Crippen LogP contribution in [0.25, 0.3) is 0 Å². The van der Waals surface area contributed by atoms with Crippen molar-refractivity contribution >= 4 is 17.4 Å². The van der Waals surface area contributed by atoms with E-state index in [1.54, 1.807) is 11.9 Å². The van der Waals surface area contributed by atoms with Crippen LogP contribution in [0.3, 0.4) is 0 Å². The fourth-order valence-corrected chi connectivity index (χ4v) is 3.60. The van der Waals surface area contributed by atoms with Gasteiger partial charge in [-0.25, -0.2) is 0 Å². The van der Waals surface area contributed by atoms with Crippen molar-refractivity contribution in [3.8, 4) is 0 Å². The van der Waals surface area contributed by atoms with Crippen LogP contribution in [-0.4, -0.2) is 18.7 Å². The molecule has 0 saturated heterocycles. The summed E-state index contributed by atoms with van der Waals surface area (Å²) < 4.78 is 0. The maximum Gasteiger partial charge on any atom is 0.231 e. The van der Waals surface area contributed by atoms with Gasteiger partial charge in [0.05, 0.1) is 6.42 Å². The van der Waals surface area contributed by atoms with Gasteiger partial charge in [-0.15, -0.1) is 0 Å². The summed E-state index contributed by atoms with van der Waals surface area (Å²) in [6.07, 6.45) is 8.68. The van der Waals surface area contributed by atoms with Gasteiger partial charge in [-0.05, 0) is 36.1 Å². The molecule has 0 radical (unpaired) electrons. The van der Waals surface area contributed by atoms with E-state index < -0.39 is 0 Å². The maximum absolute atomic E-state index is 12.4. The van der Waals surface area contributed by atoms with E-state index in [9.17, 15) is 9.59 Å². The Hall–Kier alpha value is -1.64. The molecule has 1 saturated carbocycles. The third-order valence-corrected chi connectivity index (χ3v) is 4.98. The van der Waals surface area contributed by atoms with Crippen molar-refractivity contribution in [2.75, 3.05) is 11.9 Å². The van der Waals surface area contributed by atoms with E-state index in [1.807, 2.05) is 18.2 Å². The average Bonchev–Trinajstić information content (AvgIpc) is 2.80. The monoisotopic (exact) mass is 285 g/mol. The lowest BCUT2D eigenvalue weighted by Crippen LogP contribution is -2.20. The summed E-state index contributed by atoms with van der Waals surface area (Å²) in [6.45, 7) is 0. The number of anilines is 1. The summed E-state index contributed by atoms with van der Waals surface area (Å²) in [5, 5.41) is 0. The van der Waals surface area contributed by atoms with Crippen LogP contribution in [-0.2, 0) is 11.2 Å². The fourth-order valence-electron chi connectivity index (χ4n) is 3.60. The van der Waals surface area contributed by atoms with Crippen LogP contribution in [0.5, 0.6) is 0 Å². The Labute approximate surface area is 126 Å². The largest absolute Gasteiger partial charge is 0.315 e. The predicted octanol–water partition coefficient (Wildman–Crippen LogP) is 3.75. The summed E-state index contributed by atoms with van der Waals surface area (Å²) in [5.41, 5.74) is 2.71. The van der Waals surface area contributed by atoms with Crippen LogP contribution >= 0.6 is 0 Å². The first-order valence-electron chi connectivity index (χ1n) is 8.08. The minimum absolute atomic E-state index is 0.108. The van der Waals surface area contributed by atoms with Gasteiger partial charge in [-0.1, -0.05) is 32.1 Å². The zero-order valence-corrected chi connectivity index (χ0v) is 12.7. The number of Topliss-reactive ketones (excluding diaryl/α,β-unsaturated/α-hetero) is 1. The minimum atomic E-state index is 0.108. The molecule has 0 unspecified atom stereocenters. The summed E-state index contributed by atoms with van der Waals surface area (Å²) in [7, 11) is 1.79. The van der Waals surface area contributed by atoms with Crippen LogP contribution in [0.1, 0.15) is 60.9 Å². The standard InChI is InChI=1S/C18H23NO2/c1-19-16-9-8-14(11-15(16)12-18(19)21)17(20)10-7-13-5-3-2-4-6-13/h8-9,11,13H,2-7,10,12H2,1H3. The lowest BCUT2D eigenvalue weighted by Gasteiger charge is -2.21. The highest BCUT2D eigenvalue weighted by Crippen LogP contribution is 2.30. The molecule has 0 spiro atoms. The van der Waals surface area contributed by atoms with Crippen molar-refractivity contribution in [2.45, 2.75) is 51.4 Å². The van der Waals surface area contributed by atoms with Crippen molar-refractivity contribution in [1.29, 1.82) is 0 Å². The van der Waals surface area contributed by atoms with Crippen LogP contribution in [0.2, 0.25) is 0 Å².